The van der Waals surface area contributed by atoms with Crippen molar-refractivity contribution in [3.8, 4) is 0 Å². The number of aromatic nitrogens is 2. The van der Waals surface area contributed by atoms with Crippen molar-refractivity contribution in [1.82, 2.24) is 20.0 Å². The van der Waals surface area contributed by atoms with E-state index in [1.54, 1.807) is 21.3 Å². The van der Waals surface area contributed by atoms with Gasteiger partial charge in [0.15, 0.2) is 5.11 Å². The number of halogens is 1. The third-order valence-corrected chi connectivity index (χ3v) is 4.45. The van der Waals surface area contributed by atoms with E-state index in [-0.39, 0.29) is 35.4 Å². The summed E-state index contributed by atoms with van der Waals surface area (Å²) >= 11 is 5.03. The minimum Gasteiger partial charge on any atom is -0.329 e. The van der Waals surface area contributed by atoms with Gasteiger partial charge in [-0.25, -0.2) is 9.18 Å². The Hall–Kier alpha value is -3.20. The topological polar surface area (TPSA) is 80.1 Å². The number of nitrogens with zero attached hydrogens (tertiary/aromatic N) is 2. The number of rotatable bonds is 5. The second-order valence-corrected chi connectivity index (χ2v) is 6.43. The minimum absolute atomic E-state index is 0.0539. The van der Waals surface area contributed by atoms with Crippen LogP contribution in [0.3, 0.4) is 0 Å². The van der Waals surface area contributed by atoms with Crippen molar-refractivity contribution < 1.29 is 9.18 Å². The number of hydrazine groups is 1. The maximum atomic E-state index is 13.6. The van der Waals surface area contributed by atoms with Gasteiger partial charge in [-0.2, -0.15) is 0 Å². The van der Waals surface area contributed by atoms with Gasteiger partial charge >= 0.3 is 5.69 Å². The summed E-state index contributed by atoms with van der Waals surface area (Å²) in [6.45, 7) is 2.68. The second-order valence-electron chi connectivity index (χ2n) is 6.02. The molecule has 3 rings (SSSR count). The lowest BCUT2D eigenvalue weighted by Gasteiger charge is -2.12. The van der Waals surface area contributed by atoms with E-state index in [0.717, 1.165) is 11.0 Å². The normalized spacial score (nSPS) is 10.6. The van der Waals surface area contributed by atoms with Gasteiger partial charge in [-0.15, -0.1) is 0 Å². The Bertz CT molecular complexity index is 1080. The number of benzene rings is 2. The summed E-state index contributed by atoms with van der Waals surface area (Å²) < 4.78 is 16.8. The van der Waals surface area contributed by atoms with Crippen LogP contribution in [0, 0.1) is 5.82 Å². The lowest BCUT2D eigenvalue weighted by Crippen LogP contribution is -2.44. The highest BCUT2D eigenvalue weighted by molar-refractivity contribution is 7.80. The van der Waals surface area contributed by atoms with Crippen LogP contribution >= 0.6 is 12.2 Å². The lowest BCUT2D eigenvalue weighted by atomic mass is 10.3. The van der Waals surface area contributed by atoms with Gasteiger partial charge in [0.25, 0.3) is 0 Å². The predicted octanol–water partition coefficient (Wildman–Crippen LogP) is 2.37. The number of fused-ring (bicyclic) bond motifs is 1. The molecule has 0 unspecified atom stereocenters. The molecule has 3 aromatic rings. The molecule has 1 amide bonds. The van der Waals surface area contributed by atoms with Crippen molar-refractivity contribution in [1.29, 1.82) is 0 Å². The first-order valence-electron chi connectivity index (χ1n) is 8.79. The summed E-state index contributed by atoms with van der Waals surface area (Å²) in [5.41, 5.74) is 6.64. The molecule has 0 bridgehead atoms. The zero-order chi connectivity index (χ0) is 20.1. The highest BCUT2D eigenvalue weighted by Gasteiger charge is 2.13. The summed E-state index contributed by atoms with van der Waals surface area (Å²) in [6, 6.07) is 13.5. The monoisotopic (exact) mass is 401 g/mol. The largest absolute Gasteiger partial charge is 0.329 e. The van der Waals surface area contributed by atoms with E-state index in [1.807, 2.05) is 31.2 Å². The van der Waals surface area contributed by atoms with Crippen LogP contribution in [0.5, 0.6) is 0 Å². The van der Waals surface area contributed by atoms with Crippen molar-refractivity contribution in [2.45, 2.75) is 26.4 Å². The first-order valence-corrected chi connectivity index (χ1v) is 9.20. The van der Waals surface area contributed by atoms with Gasteiger partial charge in [-0.05, 0) is 43.4 Å². The van der Waals surface area contributed by atoms with E-state index in [0.29, 0.717) is 6.54 Å². The maximum absolute atomic E-state index is 13.6. The van der Waals surface area contributed by atoms with E-state index in [1.165, 1.54) is 12.1 Å². The van der Waals surface area contributed by atoms with Gasteiger partial charge in [0, 0.05) is 19.5 Å². The average molecular weight is 401 g/mol. The number of nitrogens with one attached hydrogen (secondary N) is 3. The first-order chi connectivity index (χ1) is 13.5. The molecule has 0 atom stereocenters. The molecule has 0 aliphatic carbocycles. The third kappa shape index (κ3) is 4.20. The van der Waals surface area contributed by atoms with Gasteiger partial charge < -0.3 is 5.32 Å². The van der Waals surface area contributed by atoms with E-state index in [2.05, 4.69) is 16.2 Å². The Kier molecular flexibility index (Phi) is 6.05. The zero-order valence-corrected chi connectivity index (χ0v) is 16.1. The van der Waals surface area contributed by atoms with E-state index in [9.17, 15) is 14.0 Å². The summed E-state index contributed by atoms with van der Waals surface area (Å²) in [4.78, 5) is 24.7. The number of imidazole rings is 1. The lowest BCUT2D eigenvalue weighted by molar-refractivity contribution is -0.121. The minimum atomic E-state index is -0.454. The molecule has 0 spiro atoms. The van der Waals surface area contributed by atoms with Crippen molar-refractivity contribution in [3.05, 3.63) is 64.8 Å². The molecule has 0 fully saturated rings. The summed E-state index contributed by atoms with van der Waals surface area (Å²) in [7, 11) is 0. The van der Waals surface area contributed by atoms with E-state index in [4.69, 9.17) is 12.2 Å². The number of aryl methyl sites for hydroxylation is 2. The Morgan fingerprint density at radius 2 is 1.68 bits per heavy atom. The smallest absolute Gasteiger partial charge is 0.329 e. The van der Waals surface area contributed by atoms with Crippen LogP contribution in [0.1, 0.15) is 13.3 Å². The first kappa shape index (κ1) is 19.6. The SMILES string of the molecule is CCn1c(=O)n(CCC(=O)NNC(=S)Nc2ccccc2F)c2ccccc21. The highest BCUT2D eigenvalue weighted by atomic mass is 32.1. The number of hydrogen-bond acceptors (Lipinski definition) is 3. The van der Waals surface area contributed by atoms with Crippen LogP contribution in [-0.2, 0) is 17.9 Å². The number of thiocarbonyl (C=S) groups is 1. The summed E-state index contributed by atoms with van der Waals surface area (Å²) in [6.07, 6.45) is 0.0763. The van der Waals surface area contributed by atoms with Crippen molar-refractivity contribution in [3.63, 3.8) is 0 Å². The number of hydrogen-bond donors (Lipinski definition) is 3. The van der Waals surface area contributed by atoms with Crippen LogP contribution < -0.4 is 21.9 Å². The van der Waals surface area contributed by atoms with Gasteiger partial charge in [0.2, 0.25) is 5.91 Å². The summed E-state index contributed by atoms with van der Waals surface area (Å²) in [5.74, 6) is -0.803. The molecule has 0 aliphatic rings. The van der Waals surface area contributed by atoms with Crippen LogP contribution in [0.25, 0.3) is 11.0 Å². The number of para-hydroxylation sites is 3. The molecule has 7 nitrogen and oxygen atoms in total. The zero-order valence-electron chi connectivity index (χ0n) is 15.2. The highest BCUT2D eigenvalue weighted by Crippen LogP contribution is 2.13. The molecule has 1 aromatic heterocycles. The number of anilines is 1. The maximum Gasteiger partial charge on any atom is 0.329 e. The molecule has 0 saturated carbocycles. The van der Waals surface area contributed by atoms with Crippen LogP contribution in [0.2, 0.25) is 0 Å². The molecule has 3 N–H and O–H groups in total. The van der Waals surface area contributed by atoms with Gasteiger partial charge in [0.05, 0.1) is 16.7 Å². The molecule has 0 aliphatic heterocycles. The molecule has 9 heteroatoms. The fraction of sp³-hybridized carbons (Fsp3) is 0.211. The number of amides is 1. The van der Waals surface area contributed by atoms with Crippen LogP contribution in [0.15, 0.2) is 53.3 Å². The third-order valence-electron chi connectivity index (χ3n) is 4.24. The molecule has 1 heterocycles. The summed E-state index contributed by atoms with van der Waals surface area (Å²) in [5, 5.41) is 2.71. The van der Waals surface area contributed by atoms with Crippen molar-refractivity contribution in [2.24, 2.45) is 0 Å². The Morgan fingerprint density at radius 1 is 1.04 bits per heavy atom. The van der Waals surface area contributed by atoms with Gasteiger partial charge in [-0.1, -0.05) is 24.3 Å². The van der Waals surface area contributed by atoms with Crippen LogP contribution in [0.4, 0.5) is 10.1 Å². The molecular weight excluding hydrogens is 381 g/mol. The Labute approximate surface area is 166 Å². The standard InChI is InChI=1S/C19H20FN5O2S/c1-2-24-15-9-5-6-10-16(15)25(19(24)27)12-11-17(26)22-23-18(28)21-14-8-4-3-7-13(14)20/h3-10H,2,11-12H2,1H3,(H,22,26)(H2,21,23,28). The molecule has 28 heavy (non-hydrogen) atoms. The average Bonchev–Trinajstić information content (AvgIpc) is 2.97. The van der Waals surface area contributed by atoms with E-state index < -0.39 is 5.82 Å². The van der Waals surface area contributed by atoms with Gasteiger partial charge in [0.1, 0.15) is 5.82 Å². The van der Waals surface area contributed by atoms with Crippen molar-refractivity contribution in [2.75, 3.05) is 5.32 Å². The predicted molar refractivity (Wildman–Crippen MR) is 110 cm³/mol. The van der Waals surface area contributed by atoms with Crippen molar-refractivity contribution >= 4 is 40.0 Å². The van der Waals surface area contributed by atoms with Crippen LogP contribution in [-0.4, -0.2) is 20.2 Å². The Morgan fingerprint density at radius 3 is 2.36 bits per heavy atom. The van der Waals surface area contributed by atoms with Gasteiger partial charge in [-0.3, -0.25) is 24.8 Å². The number of carbonyl (C=O) groups excluding carboxylic acids is 1. The van der Waals surface area contributed by atoms with E-state index >= 15 is 0 Å². The molecule has 0 radical (unpaired) electrons. The molecule has 0 saturated heterocycles. The molecule has 146 valence electrons. The second kappa shape index (κ2) is 8.66. The Balaban J connectivity index is 1.57. The molecule has 2 aromatic carbocycles. The fourth-order valence-electron chi connectivity index (χ4n) is 2.91. The number of carbonyl (C=O) groups is 1. The quantitative estimate of drug-likeness (QED) is 0.452. The molecular formula is C19H20FN5O2S. The fourth-order valence-corrected chi connectivity index (χ4v) is 3.07.